The molecule has 2 rings (SSSR count). The van der Waals surface area contributed by atoms with Crippen molar-refractivity contribution in [3.05, 3.63) is 29.3 Å². The molecular formula is C14H17ClN2O3. The largest absolute Gasteiger partial charge is 0.481 e. The van der Waals surface area contributed by atoms with Crippen LogP contribution in [0.15, 0.2) is 24.3 Å². The van der Waals surface area contributed by atoms with Crippen LogP contribution in [0.25, 0.3) is 0 Å². The minimum absolute atomic E-state index is 0.155. The van der Waals surface area contributed by atoms with E-state index in [0.717, 1.165) is 12.8 Å². The summed E-state index contributed by atoms with van der Waals surface area (Å²) in [5.41, 5.74) is -0.195. The van der Waals surface area contributed by atoms with E-state index in [1.54, 1.807) is 24.3 Å². The number of carboxylic acids is 1. The quantitative estimate of drug-likeness (QED) is 0.799. The third kappa shape index (κ3) is 3.42. The molecule has 0 aromatic heterocycles. The van der Waals surface area contributed by atoms with Gasteiger partial charge in [0.25, 0.3) is 0 Å². The van der Waals surface area contributed by atoms with Gasteiger partial charge in [-0.05, 0) is 37.1 Å². The Balaban J connectivity index is 1.88. The van der Waals surface area contributed by atoms with E-state index >= 15 is 0 Å². The summed E-state index contributed by atoms with van der Waals surface area (Å²) in [6.45, 7) is 0.155. The number of rotatable bonds is 4. The average Bonchev–Trinajstić information content (AvgIpc) is 2.89. The topological polar surface area (TPSA) is 78.4 Å². The van der Waals surface area contributed by atoms with E-state index in [1.165, 1.54) is 0 Å². The van der Waals surface area contributed by atoms with Crippen molar-refractivity contribution in [1.29, 1.82) is 0 Å². The molecule has 1 aromatic rings. The van der Waals surface area contributed by atoms with Crippen molar-refractivity contribution in [2.45, 2.75) is 25.7 Å². The third-order valence-corrected chi connectivity index (χ3v) is 3.96. The van der Waals surface area contributed by atoms with Crippen molar-refractivity contribution < 1.29 is 14.7 Å². The highest BCUT2D eigenvalue weighted by Gasteiger charge is 2.41. The highest BCUT2D eigenvalue weighted by molar-refractivity contribution is 6.30. The molecule has 0 aliphatic heterocycles. The van der Waals surface area contributed by atoms with E-state index in [2.05, 4.69) is 10.6 Å². The molecule has 0 spiro atoms. The second-order valence-corrected chi connectivity index (χ2v) is 5.54. The number of benzene rings is 1. The van der Waals surface area contributed by atoms with Crippen LogP contribution in [-0.4, -0.2) is 23.7 Å². The summed E-state index contributed by atoms with van der Waals surface area (Å²) >= 11 is 5.75. The molecule has 108 valence electrons. The number of urea groups is 1. The fraction of sp³-hybridized carbons (Fsp3) is 0.429. The van der Waals surface area contributed by atoms with Crippen molar-refractivity contribution in [3.63, 3.8) is 0 Å². The molecule has 1 aromatic carbocycles. The van der Waals surface area contributed by atoms with Gasteiger partial charge in [0.1, 0.15) is 0 Å². The maximum absolute atomic E-state index is 11.8. The van der Waals surface area contributed by atoms with Crippen LogP contribution in [0.3, 0.4) is 0 Å². The molecule has 0 atom stereocenters. The lowest BCUT2D eigenvalue weighted by molar-refractivity contribution is -0.148. The minimum atomic E-state index is -0.832. The van der Waals surface area contributed by atoms with Gasteiger partial charge in [0.15, 0.2) is 0 Å². The van der Waals surface area contributed by atoms with Gasteiger partial charge in [0, 0.05) is 17.3 Å². The molecule has 1 fully saturated rings. The summed E-state index contributed by atoms with van der Waals surface area (Å²) in [6.07, 6.45) is 3.02. The smallest absolute Gasteiger partial charge is 0.319 e. The van der Waals surface area contributed by atoms with Gasteiger partial charge in [0.05, 0.1) is 5.41 Å². The van der Waals surface area contributed by atoms with Crippen LogP contribution in [0, 0.1) is 5.41 Å². The highest BCUT2D eigenvalue weighted by atomic mass is 35.5. The van der Waals surface area contributed by atoms with Crippen molar-refractivity contribution in [2.24, 2.45) is 5.41 Å². The fourth-order valence-corrected chi connectivity index (χ4v) is 2.60. The Kier molecular flexibility index (Phi) is 4.49. The van der Waals surface area contributed by atoms with Crippen molar-refractivity contribution >= 4 is 29.3 Å². The predicted octanol–water partition coefficient (Wildman–Crippen LogP) is 3.11. The van der Waals surface area contributed by atoms with Gasteiger partial charge >= 0.3 is 12.0 Å². The summed E-state index contributed by atoms with van der Waals surface area (Å²) in [4.78, 5) is 23.1. The number of carbonyl (C=O) groups is 2. The van der Waals surface area contributed by atoms with E-state index < -0.39 is 17.4 Å². The molecule has 0 heterocycles. The number of nitrogens with one attached hydrogen (secondary N) is 2. The van der Waals surface area contributed by atoms with E-state index in [0.29, 0.717) is 23.6 Å². The first-order valence-electron chi connectivity index (χ1n) is 6.56. The molecule has 1 aliphatic rings. The maximum Gasteiger partial charge on any atom is 0.319 e. The lowest BCUT2D eigenvalue weighted by Crippen LogP contribution is -2.42. The van der Waals surface area contributed by atoms with Gasteiger partial charge in [-0.3, -0.25) is 4.79 Å². The Morgan fingerprint density at radius 1 is 1.20 bits per heavy atom. The lowest BCUT2D eigenvalue weighted by Gasteiger charge is -2.24. The zero-order valence-electron chi connectivity index (χ0n) is 11.0. The monoisotopic (exact) mass is 296 g/mol. The van der Waals surface area contributed by atoms with Gasteiger partial charge in [-0.15, -0.1) is 0 Å². The molecule has 0 bridgehead atoms. The summed E-state index contributed by atoms with van der Waals surface area (Å²) in [7, 11) is 0. The van der Waals surface area contributed by atoms with E-state index in [9.17, 15) is 14.7 Å². The SMILES string of the molecule is O=C(NCC1(C(=O)O)CCCC1)Nc1ccc(Cl)cc1. The summed E-state index contributed by atoms with van der Waals surface area (Å²) in [6, 6.07) is 6.31. The second-order valence-electron chi connectivity index (χ2n) is 5.11. The summed E-state index contributed by atoms with van der Waals surface area (Å²) in [5.74, 6) is -0.832. The van der Waals surface area contributed by atoms with Crippen LogP contribution in [0.2, 0.25) is 5.02 Å². The number of hydrogen-bond donors (Lipinski definition) is 3. The molecule has 0 radical (unpaired) electrons. The molecule has 1 saturated carbocycles. The van der Waals surface area contributed by atoms with Crippen LogP contribution in [-0.2, 0) is 4.79 Å². The zero-order valence-corrected chi connectivity index (χ0v) is 11.7. The molecule has 20 heavy (non-hydrogen) atoms. The first kappa shape index (κ1) is 14.7. The van der Waals surface area contributed by atoms with Crippen LogP contribution < -0.4 is 10.6 Å². The molecule has 0 unspecified atom stereocenters. The Morgan fingerprint density at radius 3 is 2.35 bits per heavy atom. The number of amides is 2. The summed E-state index contributed by atoms with van der Waals surface area (Å²) in [5, 5.41) is 15.2. The Morgan fingerprint density at radius 2 is 1.80 bits per heavy atom. The zero-order chi connectivity index (χ0) is 14.6. The lowest BCUT2D eigenvalue weighted by atomic mass is 9.86. The summed E-state index contributed by atoms with van der Waals surface area (Å²) < 4.78 is 0. The van der Waals surface area contributed by atoms with Crippen molar-refractivity contribution in [3.8, 4) is 0 Å². The van der Waals surface area contributed by atoms with Crippen LogP contribution in [0.5, 0.6) is 0 Å². The maximum atomic E-state index is 11.8. The van der Waals surface area contributed by atoms with Gasteiger partial charge in [0.2, 0.25) is 0 Å². The highest BCUT2D eigenvalue weighted by Crippen LogP contribution is 2.37. The molecule has 6 heteroatoms. The molecule has 2 amide bonds. The number of anilines is 1. The van der Waals surface area contributed by atoms with Crippen molar-refractivity contribution in [1.82, 2.24) is 5.32 Å². The minimum Gasteiger partial charge on any atom is -0.481 e. The van der Waals surface area contributed by atoms with E-state index in [4.69, 9.17) is 11.6 Å². The number of aliphatic carboxylic acids is 1. The van der Waals surface area contributed by atoms with E-state index in [-0.39, 0.29) is 6.54 Å². The predicted molar refractivity (Wildman–Crippen MR) is 77.0 cm³/mol. The van der Waals surface area contributed by atoms with E-state index in [1.807, 2.05) is 0 Å². The van der Waals surface area contributed by atoms with Crippen LogP contribution in [0.1, 0.15) is 25.7 Å². The number of hydrogen-bond acceptors (Lipinski definition) is 2. The molecule has 3 N–H and O–H groups in total. The van der Waals surface area contributed by atoms with Gasteiger partial charge in [-0.1, -0.05) is 24.4 Å². The molecular weight excluding hydrogens is 280 g/mol. The molecule has 5 nitrogen and oxygen atoms in total. The van der Waals surface area contributed by atoms with Crippen LogP contribution >= 0.6 is 11.6 Å². The first-order chi connectivity index (χ1) is 9.52. The third-order valence-electron chi connectivity index (χ3n) is 3.70. The standard InChI is InChI=1S/C14H17ClN2O3/c15-10-3-5-11(6-4-10)17-13(20)16-9-14(12(18)19)7-1-2-8-14/h3-6H,1-2,7-9H2,(H,18,19)(H2,16,17,20). The van der Waals surface area contributed by atoms with Gasteiger partial charge in [-0.25, -0.2) is 4.79 Å². The number of carbonyl (C=O) groups excluding carboxylic acids is 1. The normalized spacial score (nSPS) is 16.6. The first-order valence-corrected chi connectivity index (χ1v) is 6.93. The van der Waals surface area contributed by atoms with Crippen molar-refractivity contribution in [2.75, 3.05) is 11.9 Å². The average molecular weight is 297 g/mol. The fourth-order valence-electron chi connectivity index (χ4n) is 2.48. The Bertz CT molecular complexity index is 496. The molecule has 0 saturated heterocycles. The number of halogens is 1. The van der Waals surface area contributed by atoms with Crippen LogP contribution in [0.4, 0.5) is 10.5 Å². The Hall–Kier alpha value is -1.75. The Labute approximate surface area is 122 Å². The number of carboxylic acid groups (broad SMARTS) is 1. The second kappa shape index (κ2) is 6.13. The van der Waals surface area contributed by atoms with Gasteiger partial charge < -0.3 is 15.7 Å². The van der Waals surface area contributed by atoms with Gasteiger partial charge in [-0.2, -0.15) is 0 Å². The molecule has 1 aliphatic carbocycles.